The van der Waals surface area contributed by atoms with Gasteiger partial charge in [-0.25, -0.2) is 0 Å². The zero-order valence-corrected chi connectivity index (χ0v) is 12.8. The lowest BCUT2D eigenvalue weighted by molar-refractivity contribution is -0.123. The van der Waals surface area contributed by atoms with Crippen LogP contribution in [0, 0.1) is 0 Å². The Morgan fingerprint density at radius 1 is 1.40 bits per heavy atom. The molecule has 0 fully saturated rings. The van der Waals surface area contributed by atoms with Gasteiger partial charge in [0.25, 0.3) is 0 Å². The summed E-state index contributed by atoms with van der Waals surface area (Å²) in [5, 5.41) is 3.67. The molecule has 0 heterocycles. The summed E-state index contributed by atoms with van der Waals surface area (Å²) in [6.45, 7) is 2.64. The first kappa shape index (κ1) is 17.0. The Labute approximate surface area is 125 Å². The minimum absolute atomic E-state index is 0.0340. The van der Waals surface area contributed by atoms with Gasteiger partial charge in [0, 0.05) is 18.7 Å². The van der Waals surface area contributed by atoms with Gasteiger partial charge in [-0.05, 0) is 37.0 Å². The van der Waals surface area contributed by atoms with Gasteiger partial charge in [0.2, 0.25) is 5.91 Å². The van der Waals surface area contributed by atoms with E-state index in [4.69, 9.17) is 22.1 Å². The Balaban J connectivity index is 2.54. The molecule has 1 aromatic carbocycles. The summed E-state index contributed by atoms with van der Waals surface area (Å²) < 4.78 is 4.95. The first-order chi connectivity index (χ1) is 9.58. The number of hydrogen-bond acceptors (Lipinski definition) is 3. The number of methoxy groups -OCH3 is 1. The molecule has 4 nitrogen and oxygen atoms in total. The quantitative estimate of drug-likeness (QED) is 0.725. The zero-order chi connectivity index (χ0) is 15.0. The molecule has 0 aliphatic rings. The third-order valence-corrected chi connectivity index (χ3v) is 3.45. The highest BCUT2D eigenvalue weighted by Crippen LogP contribution is 2.19. The summed E-state index contributed by atoms with van der Waals surface area (Å²) in [5.41, 5.74) is 6.91. The van der Waals surface area contributed by atoms with Crippen LogP contribution in [-0.2, 0) is 9.53 Å². The van der Waals surface area contributed by atoms with E-state index in [1.165, 1.54) is 0 Å². The van der Waals surface area contributed by atoms with E-state index < -0.39 is 6.04 Å². The molecular weight excluding hydrogens is 276 g/mol. The van der Waals surface area contributed by atoms with Crippen LogP contribution in [0.4, 0.5) is 0 Å². The second-order valence-corrected chi connectivity index (χ2v) is 5.20. The van der Waals surface area contributed by atoms with E-state index in [0.29, 0.717) is 18.1 Å². The fourth-order valence-electron chi connectivity index (χ4n) is 1.97. The van der Waals surface area contributed by atoms with Crippen molar-refractivity contribution in [1.29, 1.82) is 0 Å². The van der Waals surface area contributed by atoms with Crippen molar-refractivity contribution >= 4 is 17.5 Å². The molecule has 3 N–H and O–H groups in total. The number of rotatable bonds is 8. The van der Waals surface area contributed by atoms with Crippen molar-refractivity contribution in [2.75, 3.05) is 13.7 Å². The normalized spacial score (nSPS) is 13.8. The van der Waals surface area contributed by atoms with Gasteiger partial charge in [0.05, 0.1) is 12.1 Å². The van der Waals surface area contributed by atoms with Crippen molar-refractivity contribution in [3.8, 4) is 0 Å². The lowest BCUT2D eigenvalue weighted by Crippen LogP contribution is -2.42. The number of carbonyl (C=O) groups excluding carboxylic acids is 1. The van der Waals surface area contributed by atoms with E-state index in [2.05, 4.69) is 5.32 Å². The van der Waals surface area contributed by atoms with E-state index in [0.717, 1.165) is 18.4 Å². The summed E-state index contributed by atoms with van der Waals surface area (Å²) in [7, 11) is 1.64. The smallest absolute Gasteiger partial charge is 0.237 e. The Morgan fingerprint density at radius 3 is 2.60 bits per heavy atom. The fraction of sp³-hybridized carbons (Fsp3) is 0.533. The molecular formula is C15H23ClN2O2. The first-order valence-corrected chi connectivity index (χ1v) is 7.26. The lowest BCUT2D eigenvalue weighted by Gasteiger charge is -2.20. The Kier molecular flexibility index (Phi) is 7.59. The van der Waals surface area contributed by atoms with E-state index in [1.807, 2.05) is 31.2 Å². The molecule has 0 saturated carbocycles. The Morgan fingerprint density at radius 2 is 2.05 bits per heavy atom. The van der Waals surface area contributed by atoms with E-state index in [-0.39, 0.29) is 11.9 Å². The molecule has 112 valence electrons. The van der Waals surface area contributed by atoms with Gasteiger partial charge in [-0.1, -0.05) is 30.7 Å². The number of amides is 1. The maximum absolute atomic E-state index is 12.0. The number of benzene rings is 1. The highest BCUT2D eigenvalue weighted by atomic mass is 35.5. The van der Waals surface area contributed by atoms with Crippen molar-refractivity contribution in [3.05, 3.63) is 34.9 Å². The fourth-order valence-corrected chi connectivity index (χ4v) is 2.10. The molecule has 20 heavy (non-hydrogen) atoms. The summed E-state index contributed by atoms with van der Waals surface area (Å²) in [5.74, 6) is -0.122. The summed E-state index contributed by atoms with van der Waals surface area (Å²) >= 11 is 5.87. The zero-order valence-electron chi connectivity index (χ0n) is 12.1. The van der Waals surface area contributed by atoms with Crippen LogP contribution in [0.2, 0.25) is 5.02 Å². The van der Waals surface area contributed by atoms with Crippen LogP contribution in [0.3, 0.4) is 0 Å². The van der Waals surface area contributed by atoms with Gasteiger partial charge >= 0.3 is 0 Å². The van der Waals surface area contributed by atoms with Crippen LogP contribution in [0.15, 0.2) is 24.3 Å². The van der Waals surface area contributed by atoms with Crippen LogP contribution in [-0.4, -0.2) is 25.7 Å². The summed E-state index contributed by atoms with van der Waals surface area (Å²) in [6, 6.07) is 6.97. The van der Waals surface area contributed by atoms with Crippen LogP contribution in [0.5, 0.6) is 0 Å². The molecule has 0 aliphatic heterocycles. The second-order valence-electron chi connectivity index (χ2n) is 4.76. The van der Waals surface area contributed by atoms with Gasteiger partial charge in [-0.15, -0.1) is 0 Å². The van der Waals surface area contributed by atoms with Crippen molar-refractivity contribution in [3.63, 3.8) is 0 Å². The molecule has 2 atom stereocenters. The minimum Gasteiger partial charge on any atom is -0.385 e. The molecule has 1 amide bonds. The van der Waals surface area contributed by atoms with Gasteiger partial charge in [-0.3, -0.25) is 4.79 Å². The van der Waals surface area contributed by atoms with Crippen molar-refractivity contribution in [1.82, 2.24) is 5.32 Å². The molecule has 0 radical (unpaired) electrons. The molecule has 1 rings (SSSR count). The first-order valence-electron chi connectivity index (χ1n) is 6.88. The van der Waals surface area contributed by atoms with Crippen LogP contribution in [0.1, 0.15) is 37.8 Å². The molecule has 0 aliphatic carbocycles. The van der Waals surface area contributed by atoms with Crippen LogP contribution >= 0.6 is 11.6 Å². The minimum atomic E-state index is -0.494. The number of nitrogens with one attached hydrogen (secondary N) is 1. The number of nitrogens with two attached hydrogens (primary N) is 1. The third kappa shape index (κ3) is 5.49. The third-order valence-electron chi connectivity index (χ3n) is 3.20. The van der Waals surface area contributed by atoms with Crippen LogP contribution < -0.4 is 11.1 Å². The Hall–Kier alpha value is -1.10. The van der Waals surface area contributed by atoms with Crippen molar-refractivity contribution in [2.45, 2.75) is 38.3 Å². The predicted molar refractivity (Wildman–Crippen MR) is 81.7 cm³/mol. The summed E-state index contributed by atoms with van der Waals surface area (Å²) in [6.07, 6.45) is 2.21. The van der Waals surface area contributed by atoms with Gasteiger partial charge in [-0.2, -0.15) is 0 Å². The van der Waals surface area contributed by atoms with E-state index >= 15 is 0 Å². The predicted octanol–water partition coefficient (Wildman–Crippen LogP) is 2.66. The highest BCUT2D eigenvalue weighted by molar-refractivity contribution is 6.30. The number of carbonyl (C=O) groups is 1. The Bertz CT molecular complexity index is 409. The largest absolute Gasteiger partial charge is 0.385 e. The molecule has 1 aromatic rings. The molecule has 2 unspecified atom stereocenters. The van der Waals surface area contributed by atoms with Crippen molar-refractivity contribution in [2.24, 2.45) is 5.73 Å². The standard InChI is InChI=1S/C15H23ClN2O2/c1-3-14(11-6-8-12(16)9-7-11)18-15(19)13(17)5-4-10-20-2/h6-9,13-14H,3-5,10,17H2,1-2H3,(H,18,19). The monoisotopic (exact) mass is 298 g/mol. The van der Waals surface area contributed by atoms with E-state index in [9.17, 15) is 4.79 Å². The average Bonchev–Trinajstić information content (AvgIpc) is 2.45. The van der Waals surface area contributed by atoms with Crippen LogP contribution in [0.25, 0.3) is 0 Å². The average molecular weight is 299 g/mol. The molecule has 0 aromatic heterocycles. The van der Waals surface area contributed by atoms with Crippen molar-refractivity contribution < 1.29 is 9.53 Å². The van der Waals surface area contributed by atoms with Gasteiger partial charge in [0.1, 0.15) is 0 Å². The topological polar surface area (TPSA) is 64.4 Å². The summed E-state index contributed by atoms with van der Waals surface area (Å²) in [4.78, 5) is 12.0. The molecule has 0 bridgehead atoms. The van der Waals surface area contributed by atoms with E-state index in [1.54, 1.807) is 7.11 Å². The number of hydrogen-bond donors (Lipinski definition) is 2. The lowest BCUT2D eigenvalue weighted by atomic mass is 10.0. The number of halogens is 1. The maximum Gasteiger partial charge on any atom is 0.237 e. The SMILES string of the molecule is CCC(NC(=O)C(N)CCCOC)c1ccc(Cl)cc1. The molecule has 0 saturated heterocycles. The highest BCUT2D eigenvalue weighted by Gasteiger charge is 2.17. The maximum atomic E-state index is 12.0. The van der Waals surface area contributed by atoms with Gasteiger partial charge < -0.3 is 15.8 Å². The number of ether oxygens (including phenoxy) is 1. The molecule has 5 heteroatoms. The molecule has 0 spiro atoms. The van der Waals surface area contributed by atoms with Gasteiger partial charge in [0.15, 0.2) is 0 Å². The second kappa shape index (κ2) is 8.95.